The number of anilines is 2. The molecule has 3 amide bonds. The van der Waals surface area contributed by atoms with Gasteiger partial charge in [-0.3, -0.25) is 19.7 Å². The van der Waals surface area contributed by atoms with Crippen molar-refractivity contribution in [3.05, 3.63) is 22.7 Å². The van der Waals surface area contributed by atoms with Crippen LogP contribution >= 0.6 is 15.9 Å². The lowest BCUT2D eigenvalue weighted by atomic mass is 10.0. The number of nitrogens with one attached hydrogen (secondary N) is 1. The molecule has 1 heterocycles. The van der Waals surface area contributed by atoms with Crippen LogP contribution in [0.25, 0.3) is 0 Å². The van der Waals surface area contributed by atoms with E-state index in [9.17, 15) is 14.4 Å². The van der Waals surface area contributed by atoms with Gasteiger partial charge < -0.3 is 9.80 Å². The molecule has 0 aromatic heterocycles. The maximum Gasteiger partial charge on any atom is 0.249 e. The van der Waals surface area contributed by atoms with Crippen LogP contribution in [-0.2, 0) is 14.4 Å². The molecule has 3 rings (SSSR count). The number of imide groups is 1. The Balaban J connectivity index is 1.93. The van der Waals surface area contributed by atoms with E-state index in [0.29, 0.717) is 12.8 Å². The predicted molar refractivity (Wildman–Crippen MR) is 90.3 cm³/mol. The van der Waals surface area contributed by atoms with Crippen LogP contribution in [0.1, 0.15) is 25.7 Å². The summed E-state index contributed by atoms with van der Waals surface area (Å²) in [6, 6.07) is 5.49. The van der Waals surface area contributed by atoms with E-state index in [2.05, 4.69) is 21.2 Å². The summed E-state index contributed by atoms with van der Waals surface area (Å²) in [5.74, 6) is -0.523. The lowest BCUT2D eigenvalue weighted by Gasteiger charge is -2.34. The molecular weight excluding hydrogens is 362 g/mol. The topological polar surface area (TPSA) is 69.7 Å². The number of rotatable bonds is 5. The highest BCUT2D eigenvalue weighted by atomic mass is 79.9. The van der Waals surface area contributed by atoms with E-state index in [1.54, 1.807) is 4.90 Å². The molecule has 0 bridgehead atoms. The Morgan fingerprint density at radius 1 is 1.22 bits per heavy atom. The summed E-state index contributed by atoms with van der Waals surface area (Å²) in [4.78, 5) is 38.5. The molecule has 1 saturated heterocycles. The zero-order valence-corrected chi connectivity index (χ0v) is 14.4. The number of likely N-dealkylation sites (N-methyl/N-ethyl adjacent to an activating group) is 1. The summed E-state index contributed by atoms with van der Waals surface area (Å²) in [5, 5.41) is 2.38. The molecule has 0 spiro atoms. The maximum atomic E-state index is 12.1. The first-order valence-electron chi connectivity index (χ1n) is 7.61. The van der Waals surface area contributed by atoms with Gasteiger partial charge in [-0.1, -0.05) is 15.9 Å². The second-order valence-corrected chi connectivity index (χ2v) is 6.87. The number of halogens is 1. The van der Waals surface area contributed by atoms with Crippen molar-refractivity contribution in [2.24, 2.45) is 0 Å². The first-order valence-corrected chi connectivity index (χ1v) is 8.40. The summed E-state index contributed by atoms with van der Waals surface area (Å²) >= 11 is 3.44. The van der Waals surface area contributed by atoms with E-state index in [1.807, 2.05) is 30.1 Å². The molecule has 7 heteroatoms. The number of carbonyl (C=O) groups excluding carboxylic acids is 3. The molecule has 1 aromatic rings. The van der Waals surface area contributed by atoms with Crippen LogP contribution in [0.4, 0.5) is 11.4 Å². The second-order valence-electron chi connectivity index (χ2n) is 5.95. The predicted octanol–water partition coefficient (Wildman–Crippen LogP) is 1.82. The monoisotopic (exact) mass is 379 g/mol. The van der Waals surface area contributed by atoms with Crippen LogP contribution in [0.15, 0.2) is 22.7 Å². The van der Waals surface area contributed by atoms with Crippen molar-refractivity contribution in [3.8, 4) is 0 Å². The molecule has 2 aliphatic rings. The van der Waals surface area contributed by atoms with Crippen LogP contribution in [0.3, 0.4) is 0 Å². The van der Waals surface area contributed by atoms with Gasteiger partial charge in [0, 0.05) is 24.0 Å². The average Bonchev–Trinajstić information content (AvgIpc) is 3.32. The number of carbonyl (C=O) groups is 3. The fourth-order valence-corrected chi connectivity index (χ4v) is 3.26. The number of piperidine rings is 1. The van der Waals surface area contributed by atoms with Gasteiger partial charge in [-0.15, -0.1) is 0 Å². The molecule has 1 aliphatic heterocycles. The normalized spacial score (nSPS) is 20.9. The number of nitrogens with zero attached hydrogens (tertiary/aromatic N) is 2. The molecule has 122 valence electrons. The van der Waals surface area contributed by atoms with E-state index in [-0.39, 0.29) is 17.9 Å². The number of benzene rings is 1. The zero-order chi connectivity index (χ0) is 16.6. The van der Waals surface area contributed by atoms with Crippen LogP contribution in [0.5, 0.6) is 0 Å². The number of amides is 3. The van der Waals surface area contributed by atoms with Crippen molar-refractivity contribution in [2.45, 2.75) is 37.8 Å². The van der Waals surface area contributed by atoms with Crippen LogP contribution in [-0.4, -0.2) is 37.4 Å². The van der Waals surface area contributed by atoms with Crippen LogP contribution in [0.2, 0.25) is 0 Å². The van der Waals surface area contributed by atoms with Gasteiger partial charge in [0.2, 0.25) is 18.2 Å². The fourth-order valence-electron chi connectivity index (χ4n) is 2.91. The lowest BCUT2D eigenvalue weighted by molar-refractivity contribution is -0.134. The molecule has 1 atom stereocenters. The molecule has 1 aliphatic carbocycles. The number of hydrogen-bond donors (Lipinski definition) is 1. The van der Waals surface area contributed by atoms with Crippen molar-refractivity contribution >= 4 is 45.5 Å². The highest BCUT2D eigenvalue weighted by Crippen LogP contribution is 2.38. The van der Waals surface area contributed by atoms with E-state index >= 15 is 0 Å². The Bertz CT molecular complexity index is 660. The summed E-state index contributed by atoms with van der Waals surface area (Å²) in [6.45, 7) is 0. The quantitative estimate of drug-likeness (QED) is 0.625. The molecule has 23 heavy (non-hydrogen) atoms. The van der Waals surface area contributed by atoms with E-state index in [1.165, 1.54) is 0 Å². The molecule has 6 nitrogen and oxygen atoms in total. The highest BCUT2D eigenvalue weighted by Gasteiger charge is 2.34. The van der Waals surface area contributed by atoms with Crippen LogP contribution in [0, 0.1) is 0 Å². The first-order chi connectivity index (χ1) is 11.0. The summed E-state index contributed by atoms with van der Waals surface area (Å²) in [5.41, 5.74) is 1.59. The SMILES string of the molecule is CN(c1ccc(Br)cc1N(C=O)C1CC1)C1CCC(=O)NC1=O. The van der Waals surface area contributed by atoms with Crippen molar-refractivity contribution in [2.75, 3.05) is 16.8 Å². The standard InChI is InChI=1S/C16H18BrN3O3/c1-19(13-6-7-15(22)18-16(13)23)12-5-2-10(17)8-14(12)20(9-21)11-3-4-11/h2,5,8-9,11,13H,3-4,6-7H2,1H3,(H,18,22,23). The fraction of sp³-hybridized carbons (Fsp3) is 0.438. The third kappa shape index (κ3) is 3.24. The number of hydrogen-bond acceptors (Lipinski definition) is 4. The summed E-state index contributed by atoms with van der Waals surface area (Å²) in [6.07, 6.45) is 3.63. The van der Waals surface area contributed by atoms with Gasteiger partial charge in [0.15, 0.2) is 0 Å². The summed E-state index contributed by atoms with van der Waals surface area (Å²) < 4.78 is 0.875. The molecule has 1 unspecified atom stereocenters. The third-order valence-corrected chi connectivity index (χ3v) is 4.82. The molecule has 1 saturated carbocycles. The van der Waals surface area contributed by atoms with Crippen molar-refractivity contribution < 1.29 is 14.4 Å². The van der Waals surface area contributed by atoms with E-state index in [0.717, 1.165) is 35.1 Å². The van der Waals surface area contributed by atoms with Gasteiger partial charge in [0.1, 0.15) is 6.04 Å². The van der Waals surface area contributed by atoms with Gasteiger partial charge in [-0.25, -0.2) is 0 Å². The van der Waals surface area contributed by atoms with Crippen LogP contribution < -0.4 is 15.1 Å². The highest BCUT2D eigenvalue weighted by molar-refractivity contribution is 9.10. The van der Waals surface area contributed by atoms with Gasteiger partial charge in [0.05, 0.1) is 11.4 Å². The minimum Gasteiger partial charge on any atom is -0.361 e. The van der Waals surface area contributed by atoms with Gasteiger partial charge in [-0.2, -0.15) is 0 Å². The van der Waals surface area contributed by atoms with E-state index < -0.39 is 6.04 Å². The Hall–Kier alpha value is -1.89. The van der Waals surface area contributed by atoms with Gasteiger partial charge in [0.25, 0.3) is 0 Å². The molecule has 1 N–H and O–H groups in total. The van der Waals surface area contributed by atoms with Crippen molar-refractivity contribution in [1.29, 1.82) is 0 Å². The first kappa shape index (κ1) is 16.0. The second kappa shape index (κ2) is 6.31. The Morgan fingerprint density at radius 3 is 2.57 bits per heavy atom. The Morgan fingerprint density at radius 2 is 1.96 bits per heavy atom. The lowest BCUT2D eigenvalue weighted by Crippen LogP contribution is -2.51. The largest absolute Gasteiger partial charge is 0.361 e. The minimum atomic E-state index is -0.416. The third-order valence-electron chi connectivity index (χ3n) is 4.33. The molecule has 2 fully saturated rings. The van der Waals surface area contributed by atoms with E-state index in [4.69, 9.17) is 0 Å². The smallest absolute Gasteiger partial charge is 0.249 e. The maximum absolute atomic E-state index is 12.1. The summed E-state index contributed by atoms with van der Waals surface area (Å²) in [7, 11) is 1.82. The Kier molecular flexibility index (Phi) is 4.39. The van der Waals surface area contributed by atoms with Gasteiger partial charge >= 0.3 is 0 Å². The van der Waals surface area contributed by atoms with Gasteiger partial charge in [-0.05, 0) is 37.5 Å². The zero-order valence-electron chi connectivity index (χ0n) is 12.8. The molecule has 0 radical (unpaired) electrons. The van der Waals surface area contributed by atoms with Crippen molar-refractivity contribution in [1.82, 2.24) is 5.32 Å². The molecule has 1 aromatic carbocycles. The minimum absolute atomic E-state index is 0.232. The molecular formula is C16H18BrN3O3. The average molecular weight is 380 g/mol. The Labute approximate surface area is 142 Å². The van der Waals surface area contributed by atoms with Crippen molar-refractivity contribution in [3.63, 3.8) is 0 Å².